The lowest BCUT2D eigenvalue weighted by Gasteiger charge is -2.35. The van der Waals surface area contributed by atoms with E-state index in [0.29, 0.717) is 23.7 Å². The molecule has 1 aromatic heterocycles. The van der Waals surface area contributed by atoms with E-state index in [2.05, 4.69) is 40.5 Å². The van der Waals surface area contributed by atoms with Crippen molar-refractivity contribution < 1.29 is 9.53 Å². The first-order valence-corrected chi connectivity index (χ1v) is 9.53. The van der Waals surface area contributed by atoms with Gasteiger partial charge < -0.3 is 14.5 Å². The molecule has 6 nitrogen and oxygen atoms in total. The molecule has 1 fully saturated rings. The SMILES string of the molecule is CCC(CC)CN(CC)C(=O)C1CCN(c2nccc(OC)n2)CC1. The second kappa shape index (κ2) is 9.59. The highest BCUT2D eigenvalue weighted by Crippen LogP contribution is 2.24. The van der Waals surface area contributed by atoms with Crippen molar-refractivity contribution in [3.05, 3.63) is 12.3 Å². The fourth-order valence-electron chi connectivity index (χ4n) is 3.42. The van der Waals surface area contributed by atoms with E-state index in [1.807, 2.05) is 0 Å². The number of ether oxygens (including phenoxy) is 1. The number of piperidine rings is 1. The molecule has 0 spiro atoms. The number of methoxy groups -OCH3 is 1. The number of hydrogen-bond donors (Lipinski definition) is 0. The molecule has 0 unspecified atom stereocenters. The Bertz CT molecular complexity index is 540. The van der Waals surface area contributed by atoms with Crippen molar-refractivity contribution in [3.63, 3.8) is 0 Å². The van der Waals surface area contributed by atoms with E-state index >= 15 is 0 Å². The van der Waals surface area contributed by atoms with Crippen molar-refractivity contribution >= 4 is 11.9 Å². The Labute approximate surface area is 151 Å². The molecule has 1 aliphatic heterocycles. The highest BCUT2D eigenvalue weighted by atomic mass is 16.5. The summed E-state index contributed by atoms with van der Waals surface area (Å²) < 4.78 is 5.17. The highest BCUT2D eigenvalue weighted by Gasteiger charge is 2.29. The monoisotopic (exact) mass is 348 g/mol. The zero-order chi connectivity index (χ0) is 18.2. The lowest BCUT2D eigenvalue weighted by Crippen LogP contribution is -2.44. The molecule has 0 N–H and O–H groups in total. The Balaban J connectivity index is 1.92. The second-order valence-electron chi connectivity index (χ2n) is 6.72. The average molecular weight is 348 g/mol. The molecule has 2 heterocycles. The minimum absolute atomic E-state index is 0.121. The van der Waals surface area contributed by atoms with Crippen LogP contribution in [0.5, 0.6) is 5.88 Å². The maximum absolute atomic E-state index is 12.9. The first-order valence-electron chi connectivity index (χ1n) is 9.53. The number of carbonyl (C=O) groups is 1. The van der Waals surface area contributed by atoms with Gasteiger partial charge in [-0.1, -0.05) is 26.7 Å². The Morgan fingerprint density at radius 3 is 2.56 bits per heavy atom. The van der Waals surface area contributed by atoms with Gasteiger partial charge in [-0.25, -0.2) is 4.98 Å². The van der Waals surface area contributed by atoms with Gasteiger partial charge in [-0.05, 0) is 25.7 Å². The first kappa shape index (κ1) is 19.5. The number of amides is 1. The Morgan fingerprint density at radius 1 is 1.32 bits per heavy atom. The summed E-state index contributed by atoms with van der Waals surface area (Å²) in [5, 5.41) is 0. The van der Waals surface area contributed by atoms with Crippen LogP contribution in [0.15, 0.2) is 12.3 Å². The lowest BCUT2D eigenvalue weighted by atomic mass is 9.94. The summed E-state index contributed by atoms with van der Waals surface area (Å²) >= 11 is 0. The van der Waals surface area contributed by atoms with Gasteiger partial charge in [-0.3, -0.25) is 4.79 Å². The molecule has 0 atom stereocenters. The molecule has 0 aromatic carbocycles. The van der Waals surface area contributed by atoms with E-state index < -0.39 is 0 Å². The molecule has 6 heteroatoms. The molecule has 140 valence electrons. The zero-order valence-corrected chi connectivity index (χ0v) is 16.1. The first-order chi connectivity index (χ1) is 12.1. The van der Waals surface area contributed by atoms with Crippen molar-refractivity contribution in [3.8, 4) is 5.88 Å². The predicted octanol–water partition coefficient (Wildman–Crippen LogP) is 2.99. The fourth-order valence-corrected chi connectivity index (χ4v) is 3.42. The number of carbonyl (C=O) groups excluding carboxylic acids is 1. The summed E-state index contributed by atoms with van der Waals surface area (Å²) in [6.07, 6.45) is 5.70. The molecule has 1 aromatic rings. The number of hydrogen-bond acceptors (Lipinski definition) is 5. The number of nitrogens with zero attached hydrogens (tertiary/aromatic N) is 4. The van der Waals surface area contributed by atoms with Gasteiger partial charge in [0.1, 0.15) is 0 Å². The van der Waals surface area contributed by atoms with Gasteiger partial charge in [0, 0.05) is 44.4 Å². The van der Waals surface area contributed by atoms with Crippen molar-refractivity contribution in [2.75, 3.05) is 38.2 Å². The summed E-state index contributed by atoms with van der Waals surface area (Å²) in [5.41, 5.74) is 0. The minimum atomic E-state index is 0.121. The van der Waals surface area contributed by atoms with Crippen molar-refractivity contribution in [1.29, 1.82) is 0 Å². The molecule has 1 aliphatic rings. The van der Waals surface area contributed by atoms with Crippen LogP contribution in [-0.4, -0.2) is 54.1 Å². The van der Waals surface area contributed by atoms with E-state index in [4.69, 9.17) is 4.74 Å². The summed E-state index contributed by atoms with van der Waals surface area (Å²) in [6, 6.07) is 1.75. The van der Waals surface area contributed by atoms with Gasteiger partial charge in [0.05, 0.1) is 7.11 Å². The zero-order valence-electron chi connectivity index (χ0n) is 16.1. The maximum Gasteiger partial charge on any atom is 0.228 e. The Morgan fingerprint density at radius 2 is 2.00 bits per heavy atom. The third-order valence-electron chi connectivity index (χ3n) is 5.28. The molecule has 0 aliphatic carbocycles. The van der Waals surface area contributed by atoms with Gasteiger partial charge >= 0.3 is 0 Å². The van der Waals surface area contributed by atoms with Gasteiger partial charge in [0.15, 0.2) is 0 Å². The van der Waals surface area contributed by atoms with Crippen LogP contribution in [-0.2, 0) is 4.79 Å². The van der Waals surface area contributed by atoms with E-state index in [1.165, 1.54) is 0 Å². The molecule has 0 saturated carbocycles. The van der Waals surface area contributed by atoms with Gasteiger partial charge in [0.2, 0.25) is 17.7 Å². The summed E-state index contributed by atoms with van der Waals surface area (Å²) in [6.45, 7) is 9.81. The summed E-state index contributed by atoms with van der Waals surface area (Å²) in [7, 11) is 1.61. The normalized spacial score (nSPS) is 15.5. The summed E-state index contributed by atoms with van der Waals surface area (Å²) in [4.78, 5) is 25.8. The average Bonchev–Trinajstić information content (AvgIpc) is 2.68. The smallest absolute Gasteiger partial charge is 0.228 e. The summed E-state index contributed by atoms with van der Waals surface area (Å²) in [5.74, 6) is 2.31. The quantitative estimate of drug-likeness (QED) is 0.723. The van der Waals surface area contributed by atoms with Crippen molar-refractivity contribution in [1.82, 2.24) is 14.9 Å². The maximum atomic E-state index is 12.9. The van der Waals surface area contributed by atoms with E-state index in [0.717, 1.165) is 51.9 Å². The van der Waals surface area contributed by atoms with Crippen LogP contribution < -0.4 is 9.64 Å². The number of rotatable bonds is 8. The standard InChI is InChI=1S/C19H32N4O2/c1-5-15(6-2)14-22(7-3)18(24)16-9-12-23(13-10-16)19-20-11-8-17(21-19)25-4/h8,11,15-16H,5-7,9-10,12-14H2,1-4H3. The molecule has 1 saturated heterocycles. The van der Waals surface area contributed by atoms with Crippen LogP contribution in [0.2, 0.25) is 0 Å². The largest absolute Gasteiger partial charge is 0.481 e. The van der Waals surface area contributed by atoms with Crippen LogP contribution in [0.25, 0.3) is 0 Å². The van der Waals surface area contributed by atoms with E-state index in [9.17, 15) is 4.79 Å². The van der Waals surface area contributed by atoms with Crippen LogP contribution in [0.1, 0.15) is 46.5 Å². The minimum Gasteiger partial charge on any atom is -0.481 e. The van der Waals surface area contributed by atoms with Gasteiger partial charge in [0.25, 0.3) is 0 Å². The predicted molar refractivity (Wildman–Crippen MR) is 99.8 cm³/mol. The van der Waals surface area contributed by atoms with Gasteiger partial charge in [-0.15, -0.1) is 0 Å². The Hall–Kier alpha value is -1.85. The number of aromatic nitrogens is 2. The van der Waals surface area contributed by atoms with Gasteiger partial charge in [-0.2, -0.15) is 4.98 Å². The van der Waals surface area contributed by atoms with Crippen LogP contribution in [0.4, 0.5) is 5.95 Å². The molecule has 0 radical (unpaired) electrons. The lowest BCUT2D eigenvalue weighted by molar-refractivity contribution is -0.136. The third kappa shape index (κ3) is 5.06. The molecule has 2 rings (SSSR count). The molecule has 25 heavy (non-hydrogen) atoms. The van der Waals surface area contributed by atoms with Crippen molar-refractivity contribution in [2.24, 2.45) is 11.8 Å². The van der Waals surface area contributed by atoms with Crippen LogP contribution >= 0.6 is 0 Å². The molecule has 1 amide bonds. The molecular formula is C19H32N4O2. The Kier molecular flexibility index (Phi) is 7.47. The molecular weight excluding hydrogens is 316 g/mol. The topological polar surface area (TPSA) is 58.6 Å². The highest BCUT2D eigenvalue weighted by molar-refractivity contribution is 5.79. The third-order valence-corrected chi connectivity index (χ3v) is 5.28. The number of anilines is 1. The fraction of sp³-hybridized carbons (Fsp3) is 0.737. The van der Waals surface area contributed by atoms with Crippen LogP contribution in [0, 0.1) is 11.8 Å². The van der Waals surface area contributed by atoms with Crippen LogP contribution in [0.3, 0.4) is 0 Å². The van der Waals surface area contributed by atoms with E-state index in [1.54, 1.807) is 19.4 Å². The second-order valence-corrected chi connectivity index (χ2v) is 6.72. The van der Waals surface area contributed by atoms with E-state index in [-0.39, 0.29) is 5.92 Å². The van der Waals surface area contributed by atoms with Crippen molar-refractivity contribution in [2.45, 2.75) is 46.5 Å². The molecule has 0 bridgehead atoms.